The number of hydrazone groups is 1. The van der Waals surface area contributed by atoms with Gasteiger partial charge in [-0.05, 0) is 41.3 Å². The summed E-state index contributed by atoms with van der Waals surface area (Å²) in [5.74, 6) is 1.85. The van der Waals surface area contributed by atoms with Crippen molar-refractivity contribution in [3.8, 4) is 22.8 Å². The summed E-state index contributed by atoms with van der Waals surface area (Å²) in [6, 6.07) is 25.6. The molecule has 35 heavy (non-hydrogen) atoms. The van der Waals surface area contributed by atoms with Crippen molar-refractivity contribution in [3.05, 3.63) is 90.0 Å². The number of nitrogens with one attached hydrogen (secondary N) is 1. The lowest BCUT2D eigenvalue weighted by molar-refractivity contribution is -0.118. The largest absolute Gasteiger partial charge is 0.497 e. The van der Waals surface area contributed by atoms with E-state index in [1.807, 2.05) is 71.3 Å². The number of hydrogen-bond donors (Lipinski definition) is 1. The number of rotatable bonds is 9. The van der Waals surface area contributed by atoms with Gasteiger partial charge in [-0.15, -0.1) is 10.2 Å². The van der Waals surface area contributed by atoms with Crippen molar-refractivity contribution in [3.63, 3.8) is 0 Å². The van der Waals surface area contributed by atoms with Gasteiger partial charge in [-0.2, -0.15) is 5.10 Å². The van der Waals surface area contributed by atoms with Crippen LogP contribution >= 0.6 is 11.8 Å². The van der Waals surface area contributed by atoms with Crippen LogP contribution in [0.15, 0.2) is 89.1 Å². The lowest BCUT2D eigenvalue weighted by Gasteiger charge is -2.11. The highest BCUT2D eigenvalue weighted by molar-refractivity contribution is 7.99. The number of thioether (sulfide) groups is 1. The molecule has 0 aliphatic carbocycles. The van der Waals surface area contributed by atoms with Gasteiger partial charge in [-0.1, -0.05) is 80.2 Å². The number of nitrogens with zero attached hydrogens (tertiary/aromatic N) is 4. The number of hydrogen-bond acceptors (Lipinski definition) is 6. The highest BCUT2D eigenvalue weighted by Gasteiger charge is 2.17. The van der Waals surface area contributed by atoms with Crippen LogP contribution in [0.4, 0.5) is 0 Å². The fraction of sp³-hybridized carbons (Fsp3) is 0.185. The van der Waals surface area contributed by atoms with E-state index in [-0.39, 0.29) is 11.7 Å². The molecule has 7 nitrogen and oxygen atoms in total. The molecule has 0 bridgehead atoms. The first-order valence-corrected chi connectivity index (χ1v) is 12.2. The molecule has 1 amide bonds. The van der Waals surface area contributed by atoms with Crippen molar-refractivity contribution in [1.29, 1.82) is 0 Å². The summed E-state index contributed by atoms with van der Waals surface area (Å²) < 4.78 is 7.22. The fourth-order valence-electron chi connectivity index (χ4n) is 3.41. The maximum Gasteiger partial charge on any atom is 0.250 e. The number of carbonyl (C=O) groups excluding carboxylic acids is 1. The van der Waals surface area contributed by atoms with Gasteiger partial charge in [-0.3, -0.25) is 9.36 Å². The lowest BCUT2D eigenvalue weighted by Crippen LogP contribution is -2.20. The Morgan fingerprint density at radius 2 is 1.74 bits per heavy atom. The van der Waals surface area contributed by atoms with E-state index in [9.17, 15) is 4.79 Å². The Bertz CT molecular complexity index is 1280. The zero-order valence-electron chi connectivity index (χ0n) is 19.9. The number of amides is 1. The van der Waals surface area contributed by atoms with Gasteiger partial charge in [0, 0.05) is 11.3 Å². The fourth-order valence-corrected chi connectivity index (χ4v) is 4.15. The van der Waals surface area contributed by atoms with E-state index in [4.69, 9.17) is 4.74 Å². The van der Waals surface area contributed by atoms with E-state index in [0.717, 1.165) is 22.6 Å². The predicted molar refractivity (Wildman–Crippen MR) is 140 cm³/mol. The minimum absolute atomic E-state index is 0.146. The van der Waals surface area contributed by atoms with Crippen molar-refractivity contribution < 1.29 is 9.53 Å². The van der Waals surface area contributed by atoms with Crippen LogP contribution in [0.1, 0.15) is 30.9 Å². The Balaban J connectivity index is 1.46. The molecule has 1 aromatic heterocycles. The molecule has 0 aliphatic rings. The number of benzene rings is 3. The molecular weight excluding hydrogens is 458 g/mol. The molecule has 0 aliphatic heterocycles. The third-order valence-electron chi connectivity index (χ3n) is 5.33. The van der Waals surface area contributed by atoms with Gasteiger partial charge >= 0.3 is 0 Å². The molecule has 8 heteroatoms. The standard InChI is InChI=1S/C27H27N5O2S/c1-19(2)21-11-9-20(10-12-21)17-28-29-25(33)18-35-27-31-30-26(22-7-5-4-6-8-22)32(27)23-13-15-24(34-3)16-14-23/h4-17,19H,18H2,1-3H3,(H,29,33). The van der Waals surface area contributed by atoms with E-state index in [1.54, 1.807) is 13.3 Å². The number of methoxy groups -OCH3 is 1. The molecule has 0 unspecified atom stereocenters. The summed E-state index contributed by atoms with van der Waals surface area (Å²) in [6.07, 6.45) is 1.64. The number of aromatic nitrogens is 3. The van der Waals surface area contributed by atoms with Crippen LogP contribution in [0.25, 0.3) is 17.1 Å². The summed E-state index contributed by atoms with van der Waals surface area (Å²) in [7, 11) is 1.63. The van der Waals surface area contributed by atoms with Gasteiger partial charge in [0.25, 0.3) is 5.91 Å². The van der Waals surface area contributed by atoms with Crippen molar-refractivity contribution >= 4 is 23.9 Å². The van der Waals surface area contributed by atoms with E-state index in [2.05, 4.69) is 46.7 Å². The lowest BCUT2D eigenvalue weighted by atomic mass is 10.0. The summed E-state index contributed by atoms with van der Waals surface area (Å²) in [5, 5.41) is 13.5. The Hall–Kier alpha value is -3.91. The first kappa shape index (κ1) is 24.2. The smallest absolute Gasteiger partial charge is 0.250 e. The Morgan fingerprint density at radius 1 is 1.03 bits per heavy atom. The van der Waals surface area contributed by atoms with Crippen LogP contribution in [0, 0.1) is 0 Å². The van der Waals surface area contributed by atoms with Gasteiger partial charge in [0.2, 0.25) is 0 Å². The molecular formula is C27H27N5O2S. The molecule has 4 rings (SSSR count). The molecule has 0 saturated carbocycles. The Labute approximate surface area is 209 Å². The molecule has 0 atom stereocenters. The van der Waals surface area contributed by atoms with E-state index >= 15 is 0 Å². The third kappa shape index (κ3) is 6.16. The van der Waals surface area contributed by atoms with Gasteiger partial charge < -0.3 is 4.74 Å². The average Bonchev–Trinajstić information content (AvgIpc) is 3.32. The van der Waals surface area contributed by atoms with Gasteiger partial charge in [0.05, 0.1) is 19.1 Å². The van der Waals surface area contributed by atoms with Gasteiger partial charge in [0.1, 0.15) is 5.75 Å². The average molecular weight is 486 g/mol. The first-order chi connectivity index (χ1) is 17.0. The van der Waals surface area contributed by atoms with Crippen LogP contribution in [0.3, 0.4) is 0 Å². The first-order valence-electron chi connectivity index (χ1n) is 11.2. The zero-order chi connectivity index (χ0) is 24.6. The normalized spacial score (nSPS) is 11.2. The van der Waals surface area contributed by atoms with Crippen molar-refractivity contribution in [2.45, 2.75) is 24.9 Å². The van der Waals surface area contributed by atoms with Crippen LogP contribution in [-0.2, 0) is 4.79 Å². The second kappa shape index (κ2) is 11.5. The highest BCUT2D eigenvalue weighted by Crippen LogP contribution is 2.28. The summed E-state index contributed by atoms with van der Waals surface area (Å²) >= 11 is 1.30. The minimum Gasteiger partial charge on any atom is -0.497 e. The van der Waals surface area contributed by atoms with Gasteiger partial charge in [0.15, 0.2) is 11.0 Å². The quantitative estimate of drug-likeness (QED) is 0.197. The second-order valence-corrected chi connectivity index (χ2v) is 9.05. The van der Waals surface area contributed by atoms with E-state index in [1.165, 1.54) is 17.3 Å². The van der Waals surface area contributed by atoms with Crippen LogP contribution < -0.4 is 10.2 Å². The number of carbonyl (C=O) groups is 1. The molecule has 0 radical (unpaired) electrons. The number of ether oxygens (including phenoxy) is 1. The van der Waals surface area contributed by atoms with Crippen molar-refractivity contribution in [1.82, 2.24) is 20.2 Å². The molecule has 3 aromatic carbocycles. The molecule has 178 valence electrons. The Morgan fingerprint density at radius 3 is 2.40 bits per heavy atom. The second-order valence-electron chi connectivity index (χ2n) is 8.11. The van der Waals surface area contributed by atoms with Crippen molar-refractivity contribution in [2.24, 2.45) is 5.10 Å². The van der Waals surface area contributed by atoms with Crippen LogP contribution in [0.2, 0.25) is 0 Å². The molecule has 0 spiro atoms. The summed E-state index contributed by atoms with van der Waals surface area (Å²) in [5.41, 5.74) is 6.58. The maximum absolute atomic E-state index is 12.4. The van der Waals surface area contributed by atoms with Crippen LogP contribution in [0.5, 0.6) is 5.75 Å². The van der Waals surface area contributed by atoms with Gasteiger partial charge in [-0.25, -0.2) is 5.43 Å². The van der Waals surface area contributed by atoms with Crippen molar-refractivity contribution in [2.75, 3.05) is 12.9 Å². The summed E-state index contributed by atoms with van der Waals surface area (Å²) in [6.45, 7) is 4.30. The Kier molecular flexibility index (Phi) is 7.95. The van der Waals surface area contributed by atoms with E-state index < -0.39 is 0 Å². The molecule has 0 saturated heterocycles. The SMILES string of the molecule is COc1ccc(-n2c(SCC(=O)NN=Cc3ccc(C(C)C)cc3)nnc2-c2ccccc2)cc1. The predicted octanol–water partition coefficient (Wildman–Crippen LogP) is 5.31. The highest BCUT2D eigenvalue weighted by atomic mass is 32.2. The topological polar surface area (TPSA) is 81.4 Å². The molecule has 4 aromatic rings. The van der Waals surface area contributed by atoms with Crippen LogP contribution in [-0.4, -0.2) is 39.7 Å². The third-order valence-corrected chi connectivity index (χ3v) is 6.26. The zero-order valence-corrected chi connectivity index (χ0v) is 20.7. The maximum atomic E-state index is 12.4. The summed E-state index contributed by atoms with van der Waals surface area (Å²) in [4.78, 5) is 12.4. The molecule has 1 heterocycles. The minimum atomic E-state index is -0.226. The molecule has 0 fully saturated rings. The van der Waals surface area contributed by atoms with E-state index in [0.29, 0.717) is 16.9 Å². The molecule has 1 N–H and O–H groups in total. The monoisotopic (exact) mass is 485 g/mol.